The molecule has 0 bridgehead atoms. The monoisotopic (exact) mass is 283 g/mol. The van der Waals surface area contributed by atoms with Gasteiger partial charge in [0, 0.05) is 25.6 Å². The summed E-state index contributed by atoms with van der Waals surface area (Å²) in [6, 6.07) is -0.0381. The first-order valence-electron chi connectivity index (χ1n) is 8.01. The van der Waals surface area contributed by atoms with Crippen molar-refractivity contribution in [3.8, 4) is 0 Å². The molecule has 3 N–H and O–H groups in total. The number of likely N-dealkylation sites (tertiary alicyclic amines) is 1. The van der Waals surface area contributed by atoms with Crippen LogP contribution in [0.2, 0.25) is 0 Å². The summed E-state index contributed by atoms with van der Waals surface area (Å²) in [5, 5.41) is 3.03. The van der Waals surface area contributed by atoms with Crippen LogP contribution in [0.15, 0.2) is 0 Å². The molecule has 0 aromatic carbocycles. The first kappa shape index (κ1) is 17.4. The van der Waals surface area contributed by atoms with Gasteiger partial charge in [-0.25, -0.2) is 0 Å². The smallest absolute Gasteiger partial charge is 0.221 e. The van der Waals surface area contributed by atoms with Crippen LogP contribution >= 0.6 is 0 Å². The molecule has 0 radical (unpaired) electrons. The van der Waals surface area contributed by atoms with E-state index in [9.17, 15) is 4.79 Å². The van der Waals surface area contributed by atoms with Crippen LogP contribution in [0.25, 0.3) is 0 Å². The van der Waals surface area contributed by atoms with E-state index in [2.05, 4.69) is 37.9 Å². The quantitative estimate of drug-likeness (QED) is 0.751. The summed E-state index contributed by atoms with van der Waals surface area (Å²) in [6.45, 7) is 13.0. The zero-order valence-corrected chi connectivity index (χ0v) is 13.7. The lowest BCUT2D eigenvalue weighted by atomic mass is 9.87. The summed E-state index contributed by atoms with van der Waals surface area (Å²) < 4.78 is 0. The maximum atomic E-state index is 11.9. The molecule has 1 aliphatic heterocycles. The van der Waals surface area contributed by atoms with Gasteiger partial charge in [0.05, 0.1) is 0 Å². The lowest BCUT2D eigenvalue weighted by Crippen LogP contribution is -2.38. The van der Waals surface area contributed by atoms with Crippen LogP contribution in [0, 0.1) is 11.3 Å². The van der Waals surface area contributed by atoms with Gasteiger partial charge in [-0.05, 0) is 43.7 Å². The number of carbonyl (C=O) groups excluding carboxylic acids is 1. The summed E-state index contributed by atoms with van der Waals surface area (Å²) in [4.78, 5) is 14.4. The van der Waals surface area contributed by atoms with E-state index < -0.39 is 0 Å². The van der Waals surface area contributed by atoms with Crippen molar-refractivity contribution in [3.05, 3.63) is 0 Å². The molecule has 0 aromatic heterocycles. The summed E-state index contributed by atoms with van der Waals surface area (Å²) >= 11 is 0. The number of amides is 1. The molecule has 20 heavy (non-hydrogen) atoms. The predicted molar refractivity (Wildman–Crippen MR) is 84.5 cm³/mol. The van der Waals surface area contributed by atoms with Gasteiger partial charge >= 0.3 is 0 Å². The van der Waals surface area contributed by atoms with Crippen molar-refractivity contribution in [2.24, 2.45) is 17.1 Å². The van der Waals surface area contributed by atoms with E-state index in [4.69, 9.17) is 5.73 Å². The van der Waals surface area contributed by atoms with E-state index in [-0.39, 0.29) is 17.4 Å². The zero-order valence-electron chi connectivity index (χ0n) is 13.7. The van der Waals surface area contributed by atoms with Crippen LogP contribution in [-0.2, 0) is 4.79 Å². The highest BCUT2D eigenvalue weighted by Crippen LogP contribution is 2.20. The molecule has 4 heteroatoms. The predicted octanol–water partition coefficient (Wildman–Crippen LogP) is 1.99. The molecule has 118 valence electrons. The number of hydrogen-bond donors (Lipinski definition) is 2. The van der Waals surface area contributed by atoms with E-state index in [1.807, 2.05) is 0 Å². The molecule has 2 atom stereocenters. The number of carbonyl (C=O) groups is 1. The second kappa shape index (κ2) is 7.99. The SMILES string of the molecule is CC(CNC(=O)CC(N)CC(C)(C)C)CN1CCCC1. The molecule has 4 nitrogen and oxygen atoms in total. The Morgan fingerprint density at radius 2 is 1.90 bits per heavy atom. The van der Waals surface area contributed by atoms with Crippen LogP contribution in [0.3, 0.4) is 0 Å². The van der Waals surface area contributed by atoms with Gasteiger partial charge in [0.15, 0.2) is 0 Å². The average Bonchev–Trinajstić information content (AvgIpc) is 2.76. The Kier molecular flexibility index (Phi) is 6.96. The van der Waals surface area contributed by atoms with Gasteiger partial charge in [-0.1, -0.05) is 27.7 Å². The average molecular weight is 283 g/mol. The highest BCUT2D eigenvalue weighted by molar-refractivity contribution is 5.76. The van der Waals surface area contributed by atoms with Crippen LogP contribution in [-0.4, -0.2) is 43.0 Å². The van der Waals surface area contributed by atoms with Crippen molar-refractivity contribution in [2.75, 3.05) is 26.2 Å². The second-order valence-electron chi connectivity index (χ2n) is 7.65. The lowest BCUT2D eigenvalue weighted by Gasteiger charge is -2.23. The van der Waals surface area contributed by atoms with Gasteiger partial charge in [-0.2, -0.15) is 0 Å². The number of nitrogens with two attached hydrogens (primary N) is 1. The zero-order chi connectivity index (χ0) is 15.2. The highest BCUT2D eigenvalue weighted by Gasteiger charge is 2.19. The Bertz CT molecular complexity index is 293. The normalized spacial score (nSPS) is 19.9. The fraction of sp³-hybridized carbons (Fsp3) is 0.938. The van der Waals surface area contributed by atoms with E-state index in [0.717, 1.165) is 19.5 Å². The number of nitrogens with zero attached hydrogens (tertiary/aromatic N) is 1. The molecule has 1 amide bonds. The standard InChI is InChI=1S/C16H33N3O/c1-13(12-19-7-5-6-8-19)11-18-15(20)9-14(17)10-16(2,3)4/h13-14H,5-12,17H2,1-4H3,(H,18,20). The summed E-state index contributed by atoms with van der Waals surface area (Å²) in [5.74, 6) is 0.603. The fourth-order valence-electron chi connectivity index (χ4n) is 2.93. The Morgan fingerprint density at radius 3 is 2.45 bits per heavy atom. The molecule has 1 heterocycles. The van der Waals surface area contributed by atoms with Gasteiger partial charge in [-0.15, -0.1) is 0 Å². The third-order valence-electron chi connectivity index (χ3n) is 3.74. The molecule has 0 spiro atoms. The van der Waals surface area contributed by atoms with Gasteiger partial charge < -0.3 is 16.0 Å². The van der Waals surface area contributed by atoms with E-state index in [0.29, 0.717) is 12.3 Å². The Labute approximate surface area is 124 Å². The second-order valence-corrected chi connectivity index (χ2v) is 7.65. The minimum Gasteiger partial charge on any atom is -0.356 e. The fourth-order valence-corrected chi connectivity index (χ4v) is 2.93. The van der Waals surface area contributed by atoms with Crippen LogP contribution in [0.5, 0.6) is 0 Å². The Balaban J connectivity index is 2.15. The molecule has 1 rings (SSSR count). The number of nitrogens with one attached hydrogen (secondary N) is 1. The molecule has 1 saturated heterocycles. The van der Waals surface area contributed by atoms with Gasteiger partial charge in [0.25, 0.3) is 0 Å². The van der Waals surface area contributed by atoms with Crippen molar-refractivity contribution in [2.45, 2.75) is 59.4 Å². The molecule has 1 fully saturated rings. The van der Waals surface area contributed by atoms with Crippen molar-refractivity contribution in [1.29, 1.82) is 0 Å². The minimum atomic E-state index is -0.0381. The largest absolute Gasteiger partial charge is 0.356 e. The maximum Gasteiger partial charge on any atom is 0.221 e. The third-order valence-corrected chi connectivity index (χ3v) is 3.74. The molecular weight excluding hydrogens is 250 g/mol. The van der Waals surface area contributed by atoms with Crippen LogP contribution < -0.4 is 11.1 Å². The maximum absolute atomic E-state index is 11.9. The molecule has 0 aliphatic carbocycles. The number of hydrogen-bond acceptors (Lipinski definition) is 3. The van der Waals surface area contributed by atoms with Crippen molar-refractivity contribution in [1.82, 2.24) is 10.2 Å². The summed E-state index contributed by atoms with van der Waals surface area (Å²) in [7, 11) is 0. The summed E-state index contributed by atoms with van der Waals surface area (Å²) in [6.07, 6.45) is 3.96. The first-order valence-corrected chi connectivity index (χ1v) is 8.01. The van der Waals surface area contributed by atoms with Crippen molar-refractivity contribution < 1.29 is 4.79 Å². The Hall–Kier alpha value is -0.610. The first-order chi connectivity index (χ1) is 9.26. The van der Waals surface area contributed by atoms with E-state index in [1.165, 1.54) is 25.9 Å². The Morgan fingerprint density at radius 1 is 1.30 bits per heavy atom. The number of rotatable bonds is 7. The minimum absolute atomic E-state index is 0.0381. The molecular formula is C16H33N3O. The molecule has 2 unspecified atom stereocenters. The van der Waals surface area contributed by atoms with Gasteiger partial charge in [0.1, 0.15) is 0 Å². The van der Waals surface area contributed by atoms with E-state index in [1.54, 1.807) is 0 Å². The van der Waals surface area contributed by atoms with Crippen LogP contribution in [0.1, 0.15) is 53.4 Å². The van der Waals surface area contributed by atoms with Crippen LogP contribution in [0.4, 0.5) is 0 Å². The van der Waals surface area contributed by atoms with Crippen molar-refractivity contribution >= 4 is 5.91 Å². The van der Waals surface area contributed by atoms with Gasteiger partial charge in [-0.3, -0.25) is 4.79 Å². The molecule has 0 saturated carbocycles. The lowest BCUT2D eigenvalue weighted by molar-refractivity contribution is -0.121. The third kappa shape index (κ3) is 7.85. The molecule has 1 aliphatic rings. The summed E-state index contributed by atoms with van der Waals surface area (Å²) in [5.41, 5.74) is 6.21. The van der Waals surface area contributed by atoms with Gasteiger partial charge in [0.2, 0.25) is 5.91 Å². The van der Waals surface area contributed by atoms with E-state index >= 15 is 0 Å². The van der Waals surface area contributed by atoms with Crippen molar-refractivity contribution in [3.63, 3.8) is 0 Å². The topological polar surface area (TPSA) is 58.4 Å². The molecule has 0 aromatic rings. The highest BCUT2D eigenvalue weighted by atomic mass is 16.1.